The maximum Gasteiger partial charge on any atom is 0.191 e. The molecule has 2 heterocycles. The number of hydrogen-bond acceptors (Lipinski definition) is 4. The fraction of sp³-hybridized carbons (Fsp3) is 0.688. The van der Waals surface area contributed by atoms with Crippen LogP contribution in [-0.4, -0.2) is 75.2 Å². The van der Waals surface area contributed by atoms with Gasteiger partial charge in [-0.25, -0.2) is 0 Å². The Labute approximate surface area is 133 Å². The Morgan fingerprint density at radius 2 is 2.23 bits per heavy atom. The minimum atomic E-state index is 0.485. The molecule has 6 heteroatoms. The number of nitrogens with zero attached hydrogens (tertiary/aromatic N) is 3. The van der Waals surface area contributed by atoms with Gasteiger partial charge in [0, 0.05) is 45.2 Å². The summed E-state index contributed by atoms with van der Waals surface area (Å²) in [5.41, 5.74) is 0. The molecule has 0 amide bonds. The Kier molecular flexibility index (Phi) is 6.74. The second-order valence-corrected chi connectivity index (χ2v) is 5.87. The Morgan fingerprint density at radius 3 is 2.95 bits per heavy atom. The van der Waals surface area contributed by atoms with E-state index in [9.17, 15) is 0 Å². The van der Waals surface area contributed by atoms with Gasteiger partial charge >= 0.3 is 0 Å². The van der Waals surface area contributed by atoms with E-state index in [-0.39, 0.29) is 0 Å². The van der Waals surface area contributed by atoms with Crippen molar-refractivity contribution < 1.29 is 4.42 Å². The highest BCUT2D eigenvalue weighted by Crippen LogP contribution is 2.06. The second kappa shape index (κ2) is 8.80. The highest BCUT2D eigenvalue weighted by Gasteiger charge is 2.21. The van der Waals surface area contributed by atoms with Crippen LogP contribution in [0.1, 0.15) is 12.7 Å². The van der Waals surface area contributed by atoms with Gasteiger partial charge in [-0.3, -0.25) is 9.89 Å². The van der Waals surface area contributed by atoms with E-state index < -0.39 is 0 Å². The standard InChI is InChI=1S/C16H29N5O/c1-4-17-16(18-8-7-15-6-5-11-22-15)19-12-14-13-20(2)9-10-21(14)3/h5-6,11,14H,4,7-10,12-13H2,1-3H3,(H2,17,18,19). The summed E-state index contributed by atoms with van der Waals surface area (Å²) in [5.74, 6) is 1.88. The van der Waals surface area contributed by atoms with E-state index in [1.165, 1.54) is 0 Å². The van der Waals surface area contributed by atoms with Gasteiger partial charge in [-0.15, -0.1) is 0 Å². The lowest BCUT2D eigenvalue weighted by Crippen LogP contribution is -2.51. The fourth-order valence-electron chi connectivity index (χ4n) is 2.60. The molecule has 2 rings (SSSR count). The third kappa shape index (κ3) is 5.35. The minimum absolute atomic E-state index is 0.485. The first-order valence-electron chi connectivity index (χ1n) is 8.12. The average Bonchev–Trinajstić information content (AvgIpc) is 3.01. The second-order valence-electron chi connectivity index (χ2n) is 5.87. The van der Waals surface area contributed by atoms with Crippen molar-refractivity contribution in [1.29, 1.82) is 0 Å². The summed E-state index contributed by atoms with van der Waals surface area (Å²) < 4.78 is 5.34. The molecule has 6 nitrogen and oxygen atoms in total. The van der Waals surface area contributed by atoms with E-state index in [0.717, 1.165) is 57.4 Å². The lowest BCUT2D eigenvalue weighted by atomic mass is 10.2. The number of aliphatic imine (C=N–C) groups is 1. The van der Waals surface area contributed by atoms with Crippen LogP contribution in [0.3, 0.4) is 0 Å². The average molecular weight is 307 g/mol. The molecule has 22 heavy (non-hydrogen) atoms. The molecule has 2 N–H and O–H groups in total. The Bertz CT molecular complexity index is 445. The quantitative estimate of drug-likeness (QED) is 0.596. The molecule has 1 aromatic rings. The minimum Gasteiger partial charge on any atom is -0.469 e. The van der Waals surface area contributed by atoms with Gasteiger partial charge in [-0.05, 0) is 33.2 Å². The van der Waals surface area contributed by atoms with Gasteiger partial charge in [0.15, 0.2) is 5.96 Å². The molecule has 1 aliphatic heterocycles. The smallest absolute Gasteiger partial charge is 0.191 e. The van der Waals surface area contributed by atoms with Crippen molar-refractivity contribution in [2.24, 2.45) is 4.99 Å². The zero-order chi connectivity index (χ0) is 15.8. The lowest BCUT2D eigenvalue weighted by molar-refractivity contribution is 0.119. The van der Waals surface area contributed by atoms with Crippen molar-refractivity contribution in [3.05, 3.63) is 24.2 Å². The van der Waals surface area contributed by atoms with Crippen molar-refractivity contribution >= 4 is 5.96 Å². The molecule has 0 bridgehead atoms. The van der Waals surface area contributed by atoms with Crippen LogP contribution in [0, 0.1) is 0 Å². The molecule has 0 spiro atoms. The van der Waals surface area contributed by atoms with Crippen LogP contribution in [0.25, 0.3) is 0 Å². The third-order valence-corrected chi connectivity index (χ3v) is 4.03. The van der Waals surface area contributed by atoms with Gasteiger partial charge in [-0.2, -0.15) is 0 Å². The van der Waals surface area contributed by atoms with Crippen molar-refractivity contribution in [3.8, 4) is 0 Å². The Balaban J connectivity index is 1.80. The number of guanidine groups is 1. The van der Waals surface area contributed by atoms with Crippen LogP contribution >= 0.6 is 0 Å². The summed E-state index contributed by atoms with van der Waals surface area (Å²) in [4.78, 5) is 9.51. The van der Waals surface area contributed by atoms with Crippen molar-refractivity contribution in [3.63, 3.8) is 0 Å². The van der Waals surface area contributed by atoms with E-state index in [4.69, 9.17) is 9.41 Å². The highest BCUT2D eigenvalue weighted by molar-refractivity contribution is 5.79. The summed E-state index contributed by atoms with van der Waals surface area (Å²) in [6, 6.07) is 4.40. The fourth-order valence-corrected chi connectivity index (χ4v) is 2.60. The number of furan rings is 1. The van der Waals surface area contributed by atoms with E-state index in [0.29, 0.717) is 6.04 Å². The number of rotatable bonds is 6. The molecule has 0 radical (unpaired) electrons. The molecular weight excluding hydrogens is 278 g/mol. The number of likely N-dealkylation sites (N-methyl/N-ethyl adjacent to an activating group) is 2. The van der Waals surface area contributed by atoms with Crippen molar-refractivity contribution in [2.75, 3.05) is 53.4 Å². The van der Waals surface area contributed by atoms with E-state index >= 15 is 0 Å². The number of nitrogens with one attached hydrogen (secondary N) is 2. The third-order valence-electron chi connectivity index (χ3n) is 4.03. The molecule has 124 valence electrons. The molecule has 1 unspecified atom stereocenters. The summed E-state index contributed by atoms with van der Waals surface area (Å²) in [7, 11) is 4.36. The van der Waals surface area contributed by atoms with Gasteiger partial charge in [0.2, 0.25) is 0 Å². The predicted molar refractivity (Wildman–Crippen MR) is 90.3 cm³/mol. The SMILES string of the molecule is CCNC(=NCC1CN(C)CCN1C)NCCc1ccco1. The monoisotopic (exact) mass is 307 g/mol. The first-order chi connectivity index (χ1) is 10.7. The topological polar surface area (TPSA) is 56.0 Å². The lowest BCUT2D eigenvalue weighted by Gasteiger charge is -2.36. The molecule has 1 saturated heterocycles. The van der Waals surface area contributed by atoms with Gasteiger partial charge < -0.3 is 20.0 Å². The zero-order valence-electron chi connectivity index (χ0n) is 14.0. The summed E-state index contributed by atoms with van der Waals surface area (Å²) in [5, 5.41) is 6.68. The predicted octanol–water partition coefficient (Wildman–Crippen LogP) is 0.623. The molecule has 1 fully saturated rings. The van der Waals surface area contributed by atoms with Crippen LogP contribution in [0.2, 0.25) is 0 Å². The molecular formula is C16H29N5O. The van der Waals surface area contributed by atoms with Crippen LogP contribution < -0.4 is 10.6 Å². The van der Waals surface area contributed by atoms with Crippen molar-refractivity contribution in [2.45, 2.75) is 19.4 Å². The first-order valence-corrected chi connectivity index (χ1v) is 8.12. The van der Waals surface area contributed by atoms with Crippen LogP contribution in [-0.2, 0) is 6.42 Å². The maximum atomic E-state index is 5.34. The Hall–Kier alpha value is -1.53. The normalized spacial score (nSPS) is 21.0. The van der Waals surface area contributed by atoms with E-state index in [1.54, 1.807) is 6.26 Å². The van der Waals surface area contributed by atoms with Crippen LogP contribution in [0.15, 0.2) is 27.8 Å². The van der Waals surface area contributed by atoms with Gasteiger partial charge in [0.05, 0.1) is 12.8 Å². The highest BCUT2D eigenvalue weighted by atomic mass is 16.3. The molecule has 0 aliphatic carbocycles. The summed E-state index contributed by atoms with van der Waals surface area (Å²) >= 11 is 0. The first kappa shape index (κ1) is 16.8. The van der Waals surface area contributed by atoms with Crippen molar-refractivity contribution in [1.82, 2.24) is 20.4 Å². The molecule has 0 saturated carbocycles. The summed E-state index contributed by atoms with van der Waals surface area (Å²) in [6.45, 7) is 7.91. The van der Waals surface area contributed by atoms with E-state index in [1.807, 2.05) is 12.1 Å². The van der Waals surface area contributed by atoms with Gasteiger partial charge in [-0.1, -0.05) is 0 Å². The Morgan fingerprint density at radius 1 is 1.36 bits per heavy atom. The van der Waals surface area contributed by atoms with Crippen LogP contribution in [0.5, 0.6) is 0 Å². The maximum absolute atomic E-state index is 5.34. The summed E-state index contributed by atoms with van der Waals surface area (Å²) in [6.07, 6.45) is 2.58. The van der Waals surface area contributed by atoms with Crippen LogP contribution in [0.4, 0.5) is 0 Å². The molecule has 1 aromatic heterocycles. The molecule has 0 aromatic carbocycles. The molecule has 1 aliphatic rings. The number of hydrogen-bond donors (Lipinski definition) is 2. The van der Waals surface area contributed by atoms with E-state index in [2.05, 4.69) is 41.5 Å². The zero-order valence-corrected chi connectivity index (χ0v) is 14.0. The van der Waals surface area contributed by atoms with Gasteiger partial charge in [0.1, 0.15) is 5.76 Å². The molecule has 1 atom stereocenters. The van der Waals surface area contributed by atoms with Gasteiger partial charge in [0.25, 0.3) is 0 Å². The number of piperazine rings is 1. The largest absolute Gasteiger partial charge is 0.469 e.